The maximum atomic E-state index is 12.2. The summed E-state index contributed by atoms with van der Waals surface area (Å²) in [5, 5.41) is 6.25. The Morgan fingerprint density at radius 3 is 2.28 bits per heavy atom. The molecule has 0 radical (unpaired) electrons. The van der Waals surface area contributed by atoms with Crippen LogP contribution >= 0.6 is 0 Å². The van der Waals surface area contributed by atoms with Gasteiger partial charge in [-0.2, -0.15) is 0 Å². The molecule has 0 saturated heterocycles. The van der Waals surface area contributed by atoms with E-state index in [4.69, 9.17) is 0 Å². The number of carbonyl (C=O) groups is 1. The molecule has 6 heteroatoms. The lowest BCUT2D eigenvalue weighted by atomic mass is 10.1. The number of hydrogen-bond acceptors (Lipinski definition) is 3. The van der Waals surface area contributed by atoms with Gasteiger partial charge in [0.25, 0.3) is 0 Å². The second-order valence-electron chi connectivity index (χ2n) is 6.93. The van der Waals surface area contributed by atoms with Gasteiger partial charge in [0.05, 0.1) is 11.0 Å². The molecule has 0 bridgehead atoms. The molecule has 0 aliphatic carbocycles. The van der Waals surface area contributed by atoms with Crippen LogP contribution in [0.15, 0.2) is 77.6 Å². The summed E-state index contributed by atoms with van der Waals surface area (Å²) >= 11 is 0. The maximum Gasteiger partial charge on any atom is 0.323 e. The van der Waals surface area contributed by atoms with E-state index in [1.165, 1.54) is 0 Å². The number of rotatable bonds is 7. The molecule has 0 atom stereocenters. The van der Waals surface area contributed by atoms with Crippen LogP contribution in [0.4, 0.5) is 17.1 Å². The van der Waals surface area contributed by atoms with Crippen molar-refractivity contribution < 1.29 is 4.79 Å². The van der Waals surface area contributed by atoms with E-state index in [-0.39, 0.29) is 11.6 Å². The first-order valence-electron chi connectivity index (χ1n) is 9.59. The van der Waals surface area contributed by atoms with Gasteiger partial charge in [0.15, 0.2) is 0 Å². The van der Waals surface area contributed by atoms with Crippen LogP contribution in [0.1, 0.15) is 18.4 Å². The average molecular weight is 386 g/mol. The number of aromatic nitrogens is 2. The summed E-state index contributed by atoms with van der Waals surface area (Å²) < 4.78 is 0. The predicted octanol–water partition coefficient (Wildman–Crippen LogP) is 4.56. The average Bonchev–Trinajstić information content (AvgIpc) is 3.09. The number of hydrogen-bond donors (Lipinski definition) is 4. The number of para-hydroxylation sites is 1. The largest absolute Gasteiger partial charge is 0.356 e. The molecule has 4 N–H and O–H groups in total. The summed E-state index contributed by atoms with van der Waals surface area (Å²) in [6.45, 7) is 0. The van der Waals surface area contributed by atoms with E-state index in [1.807, 2.05) is 72.8 Å². The highest BCUT2D eigenvalue weighted by molar-refractivity contribution is 5.90. The minimum atomic E-state index is -0.207. The molecule has 0 aliphatic rings. The van der Waals surface area contributed by atoms with Crippen LogP contribution in [0.5, 0.6) is 0 Å². The molecule has 0 unspecified atom stereocenters. The lowest BCUT2D eigenvalue weighted by molar-refractivity contribution is -0.116. The number of nitrogens with one attached hydrogen (secondary N) is 4. The summed E-state index contributed by atoms with van der Waals surface area (Å²) in [7, 11) is 0. The van der Waals surface area contributed by atoms with Gasteiger partial charge < -0.3 is 20.6 Å². The molecular weight excluding hydrogens is 364 g/mol. The molecule has 4 aromatic rings. The van der Waals surface area contributed by atoms with Crippen molar-refractivity contribution in [2.24, 2.45) is 0 Å². The third kappa shape index (κ3) is 4.93. The van der Waals surface area contributed by atoms with Gasteiger partial charge in [-0.15, -0.1) is 0 Å². The van der Waals surface area contributed by atoms with E-state index in [2.05, 4.69) is 20.6 Å². The first-order valence-corrected chi connectivity index (χ1v) is 9.59. The number of benzene rings is 3. The first-order chi connectivity index (χ1) is 14.2. The number of aryl methyl sites for hydroxylation is 1. The molecular formula is C23H22N4O2. The summed E-state index contributed by atoms with van der Waals surface area (Å²) in [6, 6.07) is 23.4. The Morgan fingerprint density at radius 1 is 0.793 bits per heavy atom. The molecule has 0 aliphatic heterocycles. The van der Waals surface area contributed by atoms with Gasteiger partial charge in [0.2, 0.25) is 5.91 Å². The molecule has 3 aromatic carbocycles. The van der Waals surface area contributed by atoms with Crippen molar-refractivity contribution in [2.45, 2.75) is 19.3 Å². The number of H-pyrrole nitrogens is 2. The second kappa shape index (κ2) is 8.48. The van der Waals surface area contributed by atoms with Crippen molar-refractivity contribution in [2.75, 3.05) is 10.6 Å². The van der Waals surface area contributed by atoms with Crippen LogP contribution in [-0.2, 0) is 11.2 Å². The summed E-state index contributed by atoms with van der Waals surface area (Å²) in [5.74, 6) is -0.00935. The quantitative estimate of drug-likeness (QED) is 0.375. The fourth-order valence-corrected chi connectivity index (χ4v) is 3.24. The third-order valence-corrected chi connectivity index (χ3v) is 4.68. The van der Waals surface area contributed by atoms with Gasteiger partial charge in [-0.05, 0) is 66.9 Å². The lowest BCUT2D eigenvalue weighted by Gasteiger charge is -2.09. The van der Waals surface area contributed by atoms with Crippen molar-refractivity contribution >= 4 is 34.0 Å². The van der Waals surface area contributed by atoms with Crippen molar-refractivity contribution in [3.05, 3.63) is 88.8 Å². The number of amides is 1. The molecule has 0 saturated carbocycles. The molecule has 146 valence electrons. The van der Waals surface area contributed by atoms with Crippen LogP contribution in [0, 0.1) is 0 Å². The topological polar surface area (TPSA) is 89.8 Å². The van der Waals surface area contributed by atoms with Crippen molar-refractivity contribution in [3.63, 3.8) is 0 Å². The van der Waals surface area contributed by atoms with Gasteiger partial charge in [-0.3, -0.25) is 4.79 Å². The van der Waals surface area contributed by atoms with Gasteiger partial charge in [0.1, 0.15) is 0 Å². The van der Waals surface area contributed by atoms with E-state index in [0.717, 1.165) is 46.5 Å². The van der Waals surface area contributed by atoms with Crippen LogP contribution in [0.3, 0.4) is 0 Å². The van der Waals surface area contributed by atoms with Gasteiger partial charge in [-0.1, -0.05) is 24.3 Å². The molecule has 0 spiro atoms. The highest BCUT2D eigenvalue weighted by Crippen LogP contribution is 2.19. The Kier molecular flexibility index (Phi) is 5.42. The number of carbonyl (C=O) groups excluding carboxylic acids is 1. The fraction of sp³-hybridized carbons (Fsp3) is 0.130. The van der Waals surface area contributed by atoms with Gasteiger partial charge in [0, 0.05) is 23.5 Å². The van der Waals surface area contributed by atoms with Crippen LogP contribution in [-0.4, -0.2) is 15.9 Å². The zero-order valence-electron chi connectivity index (χ0n) is 15.9. The molecule has 29 heavy (non-hydrogen) atoms. The van der Waals surface area contributed by atoms with Gasteiger partial charge >= 0.3 is 5.69 Å². The minimum absolute atomic E-state index is 0.00935. The second-order valence-corrected chi connectivity index (χ2v) is 6.93. The zero-order valence-corrected chi connectivity index (χ0v) is 15.9. The lowest BCUT2D eigenvalue weighted by Crippen LogP contribution is -2.11. The summed E-state index contributed by atoms with van der Waals surface area (Å²) in [5.41, 5.74) is 5.24. The number of anilines is 3. The van der Waals surface area contributed by atoms with Crippen LogP contribution in [0.25, 0.3) is 11.0 Å². The van der Waals surface area contributed by atoms with E-state index in [0.29, 0.717) is 6.42 Å². The van der Waals surface area contributed by atoms with E-state index in [9.17, 15) is 9.59 Å². The Labute approximate surface area is 168 Å². The highest BCUT2D eigenvalue weighted by Gasteiger charge is 2.05. The molecule has 6 nitrogen and oxygen atoms in total. The molecule has 1 amide bonds. The van der Waals surface area contributed by atoms with Crippen LogP contribution in [0.2, 0.25) is 0 Å². The SMILES string of the molecule is O=C(CCCc1ccc2[nH]c(=O)[nH]c2c1)Nc1ccc(Nc2ccccc2)cc1. The standard InChI is InChI=1S/C23H22N4O2/c28-22(8-4-5-16-9-14-20-21(15-16)27-23(29)26-20)25-19-12-10-18(11-13-19)24-17-6-2-1-3-7-17/h1-3,6-7,9-15,24H,4-5,8H2,(H,25,28)(H2,26,27,29). The first kappa shape index (κ1) is 18.6. The zero-order chi connectivity index (χ0) is 20.1. The van der Waals surface area contributed by atoms with Crippen molar-refractivity contribution in [3.8, 4) is 0 Å². The smallest absolute Gasteiger partial charge is 0.323 e. The maximum absolute atomic E-state index is 12.2. The molecule has 1 aromatic heterocycles. The Bertz CT molecular complexity index is 1160. The molecule has 0 fully saturated rings. The van der Waals surface area contributed by atoms with Crippen LogP contribution < -0.4 is 16.3 Å². The third-order valence-electron chi connectivity index (χ3n) is 4.68. The minimum Gasteiger partial charge on any atom is -0.356 e. The Balaban J connectivity index is 1.26. The molecule has 4 rings (SSSR count). The summed E-state index contributed by atoms with van der Waals surface area (Å²) in [6.07, 6.45) is 1.95. The number of imidazole rings is 1. The summed E-state index contributed by atoms with van der Waals surface area (Å²) in [4.78, 5) is 29.0. The van der Waals surface area contributed by atoms with E-state index >= 15 is 0 Å². The molecule has 1 heterocycles. The fourth-order valence-electron chi connectivity index (χ4n) is 3.24. The van der Waals surface area contributed by atoms with E-state index < -0.39 is 0 Å². The normalized spacial score (nSPS) is 10.8. The number of fused-ring (bicyclic) bond motifs is 1. The van der Waals surface area contributed by atoms with Crippen molar-refractivity contribution in [1.82, 2.24) is 9.97 Å². The Morgan fingerprint density at radius 2 is 1.48 bits per heavy atom. The highest BCUT2D eigenvalue weighted by atomic mass is 16.1. The monoisotopic (exact) mass is 386 g/mol. The number of aromatic amines is 2. The van der Waals surface area contributed by atoms with Gasteiger partial charge in [-0.25, -0.2) is 4.79 Å². The predicted molar refractivity (Wildman–Crippen MR) is 117 cm³/mol. The van der Waals surface area contributed by atoms with Crippen molar-refractivity contribution in [1.29, 1.82) is 0 Å². The Hall–Kier alpha value is -3.80. The van der Waals surface area contributed by atoms with E-state index in [1.54, 1.807) is 0 Å².